The summed E-state index contributed by atoms with van der Waals surface area (Å²) >= 11 is 0. The SMILES string of the molecule is Cc1cc(NC(=O)c2cccc(S(=O)(=O)N3CCC34COC4)c2)ccc1F. The van der Waals surface area contributed by atoms with Crippen LogP contribution in [0.5, 0.6) is 0 Å². The second-order valence-corrected chi connectivity index (χ2v) is 8.85. The summed E-state index contributed by atoms with van der Waals surface area (Å²) in [5.74, 6) is -0.812. The molecular weight excluding hydrogens is 371 g/mol. The van der Waals surface area contributed by atoms with E-state index in [1.165, 1.54) is 34.6 Å². The lowest BCUT2D eigenvalue weighted by atomic mass is 9.86. The normalized spacial score (nSPS) is 18.6. The lowest BCUT2D eigenvalue weighted by Crippen LogP contribution is -2.71. The number of sulfonamides is 1. The molecule has 0 unspecified atom stereocenters. The first kappa shape index (κ1) is 18.1. The standard InChI is InChI=1S/C19H19FN2O4S/c1-13-9-15(5-6-17(13)20)21-18(23)14-3-2-4-16(10-14)27(24,25)22-8-7-19(22)11-26-12-19/h2-6,9-10H,7-8,11-12H2,1H3,(H,21,23). The van der Waals surface area contributed by atoms with E-state index in [9.17, 15) is 17.6 Å². The number of ether oxygens (including phenoxy) is 1. The minimum Gasteiger partial charge on any atom is -0.377 e. The van der Waals surface area contributed by atoms with Crippen molar-refractivity contribution in [2.45, 2.75) is 23.8 Å². The summed E-state index contributed by atoms with van der Waals surface area (Å²) in [6, 6.07) is 10.2. The molecular formula is C19H19FN2O4S. The molecule has 2 saturated heterocycles. The third kappa shape index (κ3) is 3.03. The number of carbonyl (C=O) groups is 1. The molecule has 2 aromatic carbocycles. The lowest BCUT2D eigenvalue weighted by Gasteiger charge is -2.56. The maximum absolute atomic E-state index is 13.4. The fraction of sp³-hybridized carbons (Fsp3) is 0.316. The summed E-state index contributed by atoms with van der Waals surface area (Å²) in [6.45, 7) is 2.88. The average Bonchev–Trinajstić information content (AvgIpc) is 2.55. The molecule has 142 valence electrons. The summed E-state index contributed by atoms with van der Waals surface area (Å²) in [5, 5.41) is 2.67. The van der Waals surface area contributed by atoms with Crippen molar-refractivity contribution in [3.63, 3.8) is 0 Å². The van der Waals surface area contributed by atoms with Gasteiger partial charge in [-0.3, -0.25) is 4.79 Å². The number of benzene rings is 2. The molecule has 4 rings (SSSR count). The number of rotatable bonds is 4. The summed E-state index contributed by atoms with van der Waals surface area (Å²) in [4.78, 5) is 12.6. The first-order valence-electron chi connectivity index (χ1n) is 8.60. The molecule has 2 aliphatic heterocycles. The monoisotopic (exact) mass is 390 g/mol. The van der Waals surface area contributed by atoms with Crippen molar-refractivity contribution in [2.24, 2.45) is 0 Å². The molecule has 2 heterocycles. The van der Waals surface area contributed by atoms with Crippen molar-refractivity contribution in [1.82, 2.24) is 4.31 Å². The van der Waals surface area contributed by atoms with E-state index in [1.54, 1.807) is 19.1 Å². The van der Waals surface area contributed by atoms with Gasteiger partial charge in [-0.2, -0.15) is 4.31 Å². The van der Waals surface area contributed by atoms with E-state index in [1.807, 2.05) is 0 Å². The Balaban J connectivity index is 1.57. The molecule has 1 N–H and O–H groups in total. The first-order chi connectivity index (χ1) is 12.8. The van der Waals surface area contributed by atoms with Gasteiger partial charge in [-0.25, -0.2) is 12.8 Å². The van der Waals surface area contributed by atoms with Gasteiger partial charge in [0, 0.05) is 17.8 Å². The topological polar surface area (TPSA) is 75.7 Å². The van der Waals surface area contributed by atoms with Crippen LogP contribution in [0.1, 0.15) is 22.3 Å². The van der Waals surface area contributed by atoms with Crippen LogP contribution < -0.4 is 5.32 Å². The van der Waals surface area contributed by atoms with Gasteiger partial charge in [0.2, 0.25) is 10.0 Å². The van der Waals surface area contributed by atoms with Crippen molar-refractivity contribution in [3.05, 3.63) is 59.4 Å². The molecule has 2 aromatic rings. The number of anilines is 1. The smallest absolute Gasteiger partial charge is 0.255 e. The molecule has 0 saturated carbocycles. The van der Waals surface area contributed by atoms with E-state index >= 15 is 0 Å². The third-order valence-corrected chi connectivity index (χ3v) is 7.15. The van der Waals surface area contributed by atoms with Crippen molar-refractivity contribution in [2.75, 3.05) is 25.1 Å². The van der Waals surface area contributed by atoms with Gasteiger partial charge in [0.15, 0.2) is 0 Å². The second-order valence-electron chi connectivity index (χ2n) is 6.99. The largest absolute Gasteiger partial charge is 0.377 e. The minimum atomic E-state index is -3.69. The molecule has 1 amide bonds. The molecule has 0 atom stereocenters. The number of hydrogen-bond donors (Lipinski definition) is 1. The second kappa shape index (κ2) is 6.40. The first-order valence-corrected chi connectivity index (χ1v) is 10.0. The van der Waals surface area contributed by atoms with E-state index in [0.29, 0.717) is 31.0 Å². The number of aryl methyl sites for hydroxylation is 1. The van der Waals surface area contributed by atoms with Crippen LogP contribution in [-0.2, 0) is 14.8 Å². The summed E-state index contributed by atoms with van der Waals surface area (Å²) in [5.41, 5.74) is 0.663. The van der Waals surface area contributed by atoms with Gasteiger partial charge in [-0.1, -0.05) is 6.07 Å². The van der Waals surface area contributed by atoms with Crippen LogP contribution in [-0.4, -0.2) is 43.9 Å². The molecule has 1 spiro atoms. The third-order valence-electron chi connectivity index (χ3n) is 5.15. The Morgan fingerprint density at radius 1 is 1.22 bits per heavy atom. The van der Waals surface area contributed by atoms with Gasteiger partial charge in [0.25, 0.3) is 5.91 Å². The highest BCUT2D eigenvalue weighted by Gasteiger charge is 2.56. The number of nitrogens with zero attached hydrogens (tertiary/aromatic N) is 1. The molecule has 6 nitrogen and oxygen atoms in total. The van der Waals surface area contributed by atoms with Crippen LogP contribution in [0.4, 0.5) is 10.1 Å². The number of carbonyl (C=O) groups excluding carboxylic acids is 1. The van der Waals surface area contributed by atoms with Crippen molar-refractivity contribution in [3.8, 4) is 0 Å². The van der Waals surface area contributed by atoms with Crippen molar-refractivity contribution in [1.29, 1.82) is 0 Å². The van der Waals surface area contributed by atoms with Crippen LogP contribution in [0, 0.1) is 12.7 Å². The van der Waals surface area contributed by atoms with Gasteiger partial charge in [-0.15, -0.1) is 0 Å². The van der Waals surface area contributed by atoms with Crippen LogP contribution >= 0.6 is 0 Å². The van der Waals surface area contributed by atoms with Crippen LogP contribution in [0.25, 0.3) is 0 Å². The Morgan fingerprint density at radius 2 is 2.00 bits per heavy atom. The van der Waals surface area contributed by atoms with Crippen molar-refractivity contribution < 1.29 is 22.3 Å². The zero-order valence-corrected chi connectivity index (χ0v) is 15.6. The predicted octanol–water partition coefficient (Wildman–Crippen LogP) is 2.55. The van der Waals surface area contributed by atoms with Gasteiger partial charge in [0.05, 0.1) is 23.6 Å². The fourth-order valence-corrected chi connectivity index (χ4v) is 5.19. The fourth-order valence-electron chi connectivity index (χ4n) is 3.37. The molecule has 2 fully saturated rings. The lowest BCUT2D eigenvalue weighted by molar-refractivity contribution is -0.156. The zero-order valence-electron chi connectivity index (χ0n) is 14.7. The molecule has 27 heavy (non-hydrogen) atoms. The molecule has 0 aromatic heterocycles. The summed E-state index contributed by atoms with van der Waals surface area (Å²) in [6.07, 6.45) is 0.788. The van der Waals surface area contributed by atoms with Gasteiger partial charge in [0.1, 0.15) is 5.82 Å². The zero-order chi connectivity index (χ0) is 19.2. The van der Waals surface area contributed by atoms with E-state index in [2.05, 4.69) is 5.32 Å². The number of halogens is 1. The summed E-state index contributed by atoms with van der Waals surface area (Å²) < 4.78 is 45.9. The maximum Gasteiger partial charge on any atom is 0.255 e. The highest BCUT2D eigenvalue weighted by Crippen LogP contribution is 2.41. The van der Waals surface area contributed by atoms with Crippen LogP contribution in [0.3, 0.4) is 0 Å². The summed E-state index contributed by atoms with van der Waals surface area (Å²) in [7, 11) is -3.69. The Bertz CT molecular complexity index is 1010. The average molecular weight is 390 g/mol. The molecule has 2 aliphatic rings. The van der Waals surface area contributed by atoms with Crippen LogP contribution in [0.2, 0.25) is 0 Å². The van der Waals surface area contributed by atoms with E-state index in [4.69, 9.17) is 4.74 Å². The van der Waals surface area contributed by atoms with Crippen LogP contribution in [0.15, 0.2) is 47.4 Å². The number of amides is 1. The Hall–Kier alpha value is -2.29. The van der Waals surface area contributed by atoms with E-state index in [-0.39, 0.29) is 16.3 Å². The quantitative estimate of drug-likeness (QED) is 0.871. The molecule has 8 heteroatoms. The van der Waals surface area contributed by atoms with E-state index < -0.39 is 21.5 Å². The Kier molecular flexibility index (Phi) is 4.29. The number of nitrogens with one attached hydrogen (secondary N) is 1. The predicted molar refractivity (Wildman–Crippen MR) is 97.6 cm³/mol. The molecule has 0 bridgehead atoms. The van der Waals surface area contributed by atoms with E-state index in [0.717, 1.165) is 6.42 Å². The number of hydrogen-bond acceptors (Lipinski definition) is 4. The van der Waals surface area contributed by atoms with Gasteiger partial charge in [-0.05, 0) is 55.3 Å². The van der Waals surface area contributed by atoms with Gasteiger partial charge < -0.3 is 10.1 Å². The Morgan fingerprint density at radius 3 is 2.59 bits per heavy atom. The highest BCUT2D eigenvalue weighted by molar-refractivity contribution is 7.89. The molecule has 0 radical (unpaired) electrons. The minimum absolute atomic E-state index is 0.0800. The maximum atomic E-state index is 13.4. The van der Waals surface area contributed by atoms with Crippen molar-refractivity contribution >= 4 is 21.6 Å². The highest BCUT2D eigenvalue weighted by atomic mass is 32.2. The molecule has 0 aliphatic carbocycles. The Labute approximate surface area is 157 Å². The van der Waals surface area contributed by atoms with Gasteiger partial charge >= 0.3 is 0 Å².